The fourth-order valence-corrected chi connectivity index (χ4v) is 16.8. The maximum absolute atomic E-state index is 6.01. The zero-order chi connectivity index (χ0) is 57.5. The van der Waals surface area contributed by atoms with Gasteiger partial charge in [-0.15, -0.1) is 22.7 Å². The van der Waals surface area contributed by atoms with E-state index in [0.717, 1.165) is 47.8 Å². The Balaban J connectivity index is 1.29. The summed E-state index contributed by atoms with van der Waals surface area (Å²) < 4.78 is 12.9. The molecule has 0 aliphatic carbocycles. The largest absolute Gasteiger partial charge is 0.248 e. The van der Waals surface area contributed by atoms with E-state index in [0.29, 0.717) is 11.8 Å². The van der Waals surface area contributed by atoms with Gasteiger partial charge in [0.2, 0.25) is 0 Å². The van der Waals surface area contributed by atoms with Gasteiger partial charge < -0.3 is 0 Å². The minimum Gasteiger partial charge on any atom is -0.248 e. The molecule has 0 saturated heterocycles. The first-order valence-corrected chi connectivity index (χ1v) is 38.8. The molecule has 0 radical (unpaired) electrons. The van der Waals surface area contributed by atoms with Crippen molar-refractivity contribution in [1.29, 1.82) is 0 Å². The lowest BCUT2D eigenvalue weighted by Gasteiger charge is -2.22. The van der Waals surface area contributed by atoms with Crippen molar-refractivity contribution in [2.45, 2.75) is 362 Å². The highest BCUT2D eigenvalue weighted by Crippen LogP contribution is 2.50. The molecule has 0 saturated carbocycles. The Hall–Kier alpha value is -1.26. The van der Waals surface area contributed by atoms with E-state index in [2.05, 4.69) is 85.5 Å². The second kappa shape index (κ2) is 44.2. The molecule has 0 amide bonds. The minimum atomic E-state index is 0.331. The number of fused-ring (bicyclic) bond motifs is 2. The molecule has 4 nitrogen and oxygen atoms in total. The molecule has 0 N–H and O–H groups in total. The first kappa shape index (κ1) is 70.5. The SMILES string of the molecule is CCCCCCCCCCCCCCCCCCCCc1cc(Br)sc1-c1c2nsnc2c(-c2sc(Br)cc2CCCCCCCCCCCCCCCCCCCC)c2nc(C(C)CCCCCC)c(C(C)CCCCCC)nc12. The summed E-state index contributed by atoms with van der Waals surface area (Å²) in [5, 5.41) is 0. The summed E-state index contributed by atoms with van der Waals surface area (Å²) in [5.74, 6) is 0.662. The van der Waals surface area contributed by atoms with Gasteiger partial charge in [-0.2, -0.15) is 8.75 Å². The number of halogens is 2. The van der Waals surface area contributed by atoms with Crippen LogP contribution < -0.4 is 0 Å². The topological polar surface area (TPSA) is 51.6 Å². The van der Waals surface area contributed by atoms with Crippen LogP contribution in [-0.4, -0.2) is 18.7 Å². The summed E-state index contributed by atoms with van der Waals surface area (Å²) in [6.07, 6.45) is 64.9. The highest BCUT2D eigenvalue weighted by Gasteiger charge is 2.30. The van der Waals surface area contributed by atoms with Crippen LogP contribution in [0.15, 0.2) is 19.7 Å². The second-order valence-electron chi connectivity index (χ2n) is 25.2. The summed E-state index contributed by atoms with van der Waals surface area (Å²) in [7, 11) is 0. The Labute approximate surface area is 527 Å². The molecule has 1 aromatic carbocycles. The molecular weight excluding hydrogens is 1180 g/mol. The first-order valence-electron chi connectivity index (χ1n) is 34.9. The standard InChI is InChI=1S/C72H118Br2N4S3/c1-7-11-15-19-21-23-25-27-29-31-33-35-37-39-41-43-45-49-53-59-55-61(73)79-71(59)63-67-68(76-66(58(6)52-48-18-14-10-4)65(75-67)57(5)51-47-17-13-9-3)64(70-69(63)77-81-78-70)72-60(56-62(74)80-72)54-50-46-44-42-40-38-36-34-32-30-28-26-24-22-20-16-12-8-2/h55-58H,7-54H2,1-6H3. The average Bonchev–Trinajstić information content (AvgIpc) is 3.02. The van der Waals surface area contributed by atoms with E-state index in [1.165, 1.54) is 345 Å². The van der Waals surface area contributed by atoms with Gasteiger partial charge in [0, 0.05) is 32.7 Å². The Bertz CT molecular complexity index is 2210. The van der Waals surface area contributed by atoms with Gasteiger partial charge in [0.1, 0.15) is 22.1 Å². The van der Waals surface area contributed by atoms with Crippen LogP contribution in [0.4, 0.5) is 0 Å². The summed E-state index contributed by atoms with van der Waals surface area (Å²) in [4.78, 5) is 14.7. The van der Waals surface area contributed by atoms with Crippen molar-refractivity contribution >= 4 is 88.3 Å². The molecule has 0 aliphatic rings. The molecule has 5 aromatic rings. The number of nitrogens with zero attached hydrogens (tertiary/aromatic N) is 4. The zero-order valence-electron chi connectivity index (χ0n) is 53.0. The third-order valence-corrected chi connectivity index (χ3v) is 21.8. The van der Waals surface area contributed by atoms with Gasteiger partial charge in [0.25, 0.3) is 0 Å². The number of aryl methyl sites for hydroxylation is 2. The van der Waals surface area contributed by atoms with E-state index in [1.807, 2.05) is 22.7 Å². The fourth-order valence-electron chi connectivity index (χ4n) is 12.8. The number of unbranched alkanes of at least 4 members (excludes halogenated alkanes) is 40. The van der Waals surface area contributed by atoms with Crippen molar-refractivity contribution in [2.75, 3.05) is 0 Å². The lowest BCUT2D eigenvalue weighted by molar-refractivity contribution is 0.525. The van der Waals surface area contributed by atoms with E-state index in [-0.39, 0.29) is 0 Å². The Morgan fingerprint density at radius 2 is 0.580 bits per heavy atom. The maximum Gasteiger partial charge on any atom is 0.116 e. The van der Waals surface area contributed by atoms with Crippen LogP contribution in [0.2, 0.25) is 0 Å². The fraction of sp³-hybridized carbons (Fsp3) is 0.778. The van der Waals surface area contributed by atoms with Gasteiger partial charge >= 0.3 is 0 Å². The van der Waals surface area contributed by atoms with Crippen LogP contribution in [0.5, 0.6) is 0 Å². The molecule has 0 spiro atoms. The molecule has 5 rings (SSSR count). The number of thiophene rings is 2. The third-order valence-electron chi connectivity index (χ3n) is 17.9. The second-order valence-corrected chi connectivity index (χ2v) is 30.6. The first-order chi connectivity index (χ1) is 39.8. The predicted molar refractivity (Wildman–Crippen MR) is 372 cm³/mol. The monoisotopic (exact) mass is 1290 g/mol. The molecule has 458 valence electrons. The Kier molecular flexibility index (Phi) is 38.5. The smallest absolute Gasteiger partial charge is 0.116 e. The molecular formula is C72H118Br2N4S3. The van der Waals surface area contributed by atoms with Crippen molar-refractivity contribution in [3.8, 4) is 20.9 Å². The van der Waals surface area contributed by atoms with Crippen LogP contribution >= 0.6 is 66.3 Å². The number of benzene rings is 1. The van der Waals surface area contributed by atoms with Crippen LogP contribution in [-0.2, 0) is 12.8 Å². The van der Waals surface area contributed by atoms with Gasteiger partial charge in [0.15, 0.2) is 0 Å². The molecule has 2 atom stereocenters. The van der Waals surface area contributed by atoms with E-state index < -0.39 is 0 Å². The molecule has 9 heteroatoms. The molecule has 4 heterocycles. The van der Waals surface area contributed by atoms with Crippen LogP contribution in [0.1, 0.15) is 371 Å². The van der Waals surface area contributed by atoms with E-state index in [1.54, 1.807) is 0 Å². The number of hydrogen-bond donors (Lipinski definition) is 0. The average molecular weight is 1300 g/mol. The lowest BCUT2D eigenvalue weighted by atomic mass is 9.89. The third kappa shape index (κ3) is 26.3. The number of aromatic nitrogens is 4. The summed E-state index contributed by atoms with van der Waals surface area (Å²) >= 11 is 13.1. The van der Waals surface area contributed by atoms with E-state index in [4.69, 9.17) is 18.7 Å². The van der Waals surface area contributed by atoms with Crippen molar-refractivity contribution in [3.05, 3.63) is 42.2 Å². The van der Waals surface area contributed by atoms with Gasteiger partial charge in [-0.05, 0) is 93.6 Å². The summed E-state index contributed by atoms with van der Waals surface area (Å²) in [5.41, 5.74) is 11.7. The van der Waals surface area contributed by atoms with Gasteiger partial charge in [-0.3, -0.25) is 0 Å². The highest BCUT2D eigenvalue weighted by atomic mass is 79.9. The van der Waals surface area contributed by atoms with Gasteiger partial charge in [-0.1, -0.05) is 311 Å². The predicted octanol–water partition coefficient (Wildman–Crippen LogP) is 27.9. The van der Waals surface area contributed by atoms with Crippen LogP contribution in [0, 0.1) is 0 Å². The van der Waals surface area contributed by atoms with Gasteiger partial charge in [0.05, 0.1) is 30.7 Å². The van der Waals surface area contributed by atoms with Crippen LogP contribution in [0.25, 0.3) is 42.9 Å². The van der Waals surface area contributed by atoms with Crippen LogP contribution in [0.3, 0.4) is 0 Å². The normalized spacial score (nSPS) is 12.7. The maximum atomic E-state index is 6.01. The Morgan fingerprint density at radius 3 is 0.852 bits per heavy atom. The molecule has 2 unspecified atom stereocenters. The molecule has 0 aliphatic heterocycles. The zero-order valence-corrected chi connectivity index (χ0v) is 58.6. The van der Waals surface area contributed by atoms with Crippen molar-refractivity contribution < 1.29 is 0 Å². The van der Waals surface area contributed by atoms with Gasteiger partial charge in [-0.25, -0.2) is 9.97 Å². The van der Waals surface area contributed by atoms with E-state index >= 15 is 0 Å². The summed E-state index contributed by atoms with van der Waals surface area (Å²) in [6.45, 7) is 14.2. The Morgan fingerprint density at radius 1 is 0.333 bits per heavy atom. The lowest BCUT2D eigenvalue weighted by Crippen LogP contribution is -2.11. The highest BCUT2D eigenvalue weighted by molar-refractivity contribution is 9.11. The molecule has 0 fully saturated rings. The summed E-state index contributed by atoms with van der Waals surface area (Å²) in [6, 6.07) is 4.81. The van der Waals surface area contributed by atoms with Crippen molar-refractivity contribution in [3.63, 3.8) is 0 Å². The minimum absolute atomic E-state index is 0.331. The van der Waals surface area contributed by atoms with Crippen molar-refractivity contribution in [1.82, 2.24) is 18.7 Å². The molecule has 0 bridgehead atoms. The molecule has 4 aromatic heterocycles. The number of hydrogen-bond acceptors (Lipinski definition) is 7. The molecule has 81 heavy (non-hydrogen) atoms. The number of rotatable bonds is 52. The van der Waals surface area contributed by atoms with E-state index in [9.17, 15) is 0 Å². The quantitative estimate of drug-likeness (QED) is 0.0364. The van der Waals surface area contributed by atoms with Crippen molar-refractivity contribution in [2.24, 2.45) is 0 Å².